The first kappa shape index (κ1) is 21.8. The molecule has 0 saturated heterocycles. The number of ether oxygens (including phenoxy) is 1. The fourth-order valence-corrected chi connectivity index (χ4v) is 4.02. The predicted octanol–water partition coefficient (Wildman–Crippen LogP) is 3.62. The van der Waals surface area contributed by atoms with Crippen molar-refractivity contribution >= 4 is 12.1 Å². The van der Waals surface area contributed by atoms with Crippen LogP contribution in [0.3, 0.4) is 0 Å². The molecule has 7 nitrogen and oxygen atoms in total. The largest absolute Gasteiger partial charge is 0.479 e. The summed E-state index contributed by atoms with van der Waals surface area (Å²) in [5.41, 5.74) is 2.37. The second kappa shape index (κ2) is 8.08. The number of aliphatic hydroxyl groups excluding tert-OH is 1. The second-order valence-electron chi connectivity index (χ2n) is 8.38. The van der Waals surface area contributed by atoms with Crippen LogP contribution in [-0.4, -0.2) is 46.6 Å². The van der Waals surface area contributed by atoms with Gasteiger partial charge in [-0.15, -0.1) is 0 Å². The summed E-state index contributed by atoms with van der Waals surface area (Å²) in [7, 11) is 1.18. The Morgan fingerprint density at radius 1 is 1.07 bits per heavy atom. The third-order valence-electron chi connectivity index (χ3n) is 5.82. The molecule has 0 bridgehead atoms. The molecule has 7 heteroatoms. The van der Waals surface area contributed by atoms with Gasteiger partial charge in [-0.3, -0.25) is 4.84 Å². The number of fused-ring (bicyclic) bond motifs is 3. The number of rotatable bonds is 6. The number of nitrogens with zero attached hydrogens (tertiary/aromatic N) is 1. The molecule has 0 heterocycles. The summed E-state index contributed by atoms with van der Waals surface area (Å²) in [4.78, 5) is 30.0. The molecule has 1 atom stereocenters. The summed E-state index contributed by atoms with van der Waals surface area (Å²) in [6.07, 6.45) is -0.234. The van der Waals surface area contributed by atoms with Crippen LogP contribution in [0.15, 0.2) is 42.5 Å². The minimum atomic E-state index is -2.01. The van der Waals surface area contributed by atoms with Gasteiger partial charge in [0, 0.05) is 5.41 Å². The third kappa shape index (κ3) is 3.44. The van der Waals surface area contributed by atoms with Crippen LogP contribution in [0.4, 0.5) is 4.79 Å². The van der Waals surface area contributed by atoms with E-state index in [2.05, 4.69) is 12.1 Å². The molecule has 160 valence electrons. The molecular weight excluding hydrogens is 386 g/mol. The Kier molecular flexibility index (Phi) is 5.87. The summed E-state index contributed by atoms with van der Waals surface area (Å²) < 4.78 is 5.45. The highest BCUT2D eigenvalue weighted by atomic mass is 16.7. The van der Waals surface area contributed by atoms with E-state index in [9.17, 15) is 19.8 Å². The molecule has 0 aliphatic heterocycles. The monoisotopic (exact) mass is 413 g/mol. The van der Waals surface area contributed by atoms with E-state index in [1.165, 1.54) is 12.7 Å². The lowest BCUT2D eigenvalue weighted by atomic mass is 9.73. The first-order valence-electron chi connectivity index (χ1n) is 9.71. The van der Waals surface area contributed by atoms with Gasteiger partial charge in [-0.2, -0.15) is 5.06 Å². The molecular formula is C23H27NO6. The van der Waals surface area contributed by atoms with Gasteiger partial charge in [0.15, 0.2) is 5.54 Å². The van der Waals surface area contributed by atoms with Crippen LogP contribution in [0.2, 0.25) is 0 Å². The van der Waals surface area contributed by atoms with Gasteiger partial charge in [0.1, 0.15) is 6.61 Å². The van der Waals surface area contributed by atoms with Crippen LogP contribution >= 0.6 is 0 Å². The summed E-state index contributed by atoms with van der Waals surface area (Å²) in [5.74, 6) is -1.38. The van der Waals surface area contributed by atoms with Crippen molar-refractivity contribution in [2.75, 3.05) is 13.7 Å². The highest BCUT2D eigenvalue weighted by Gasteiger charge is 2.57. The number of hydrogen-bond donors (Lipinski definition) is 2. The number of amides is 1. The number of carboxylic acids is 1. The minimum Gasteiger partial charge on any atom is -0.479 e. The minimum absolute atomic E-state index is 0.0405. The van der Waals surface area contributed by atoms with Crippen molar-refractivity contribution in [1.82, 2.24) is 5.06 Å². The van der Waals surface area contributed by atoms with Crippen LogP contribution in [-0.2, 0) is 27.4 Å². The second-order valence-corrected chi connectivity index (χ2v) is 8.38. The Morgan fingerprint density at radius 2 is 1.73 bits per heavy atom. The maximum atomic E-state index is 12.8. The van der Waals surface area contributed by atoms with E-state index in [0.29, 0.717) is 5.06 Å². The van der Waals surface area contributed by atoms with Gasteiger partial charge in [0.2, 0.25) is 0 Å². The lowest BCUT2D eigenvalue weighted by molar-refractivity contribution is -0.227. The molecule has 0 unspecified atom stereocenters. The Hall–Kier alpha value is -2.90. The van der Waals surface area contributed by atoms with Gasteiger partial charge in [0.05, 0.1) is 13.7 Å². The zero-order valence-electron chi connectivity index (χ0n) is 17.6. The fraction of sp³-hybridized carbons (Fsp3) is 0.391. The van der Waals surface area contributed by atoms with Gasteiger partial charge in [0.25, 0.3) is 0 Å². The summed E-state index contributed by atoms with van der Waals surface area (Å²) in [6.45, 7) is 3.96. The highest BCUT2D eigenvalue weighted by Crippen LogP contribution is 2.39. The van der Waals surface area contributed by atoms with Crippen molar-refractivity contribution in [2.24, 2.45) is 5.41 Å². The van der Waals surface area contributed by atoms with E-state index in [-0.39, 0.29) is 6.61 Å². The number of carboxylic acid groups (broad SMARTS) is 1. The SMILES string of the molecule is CON(C(=O)OCc1cccc2c1Cc1ccccc1-2)[C@@](CO)(C(=O)O)C(C)(C)C. The quantitative estimate of drug-likeness (QED) is 0.599. The molecule has 0 spiro atoms. The molecule has 2 aromatic rings. The predicted molar refractivity (Wildman–Crippen MR) is 111 cm³/mol. The van der Waals surface area contributed by atoms with E-state index in [1.807, 2.05) is 30.3 Å². The number of hydroxylamine groups is 2. The van der Waals surface area contributed by atoms with Crippen LogP contribution in [0.1, 0.15) is 37.5 Å². The standard InChI is InChI=1S/C23H27NO6/c1-22(2,3)23(14-25,20(26)27)24(29-4)21(28)30-13-16-9-7-11-18-17-10-6-5-8-15(17)12-19(16)18/h5-11,25H,12-14H2,1-4H3,(H,26,27)/t23-/m0/s1. The van der Waals surface area contributed by atoms with Crippen LogP contribution < -0.4 is 0 Å². The average Bonchev–Trinajstić information content (AvgIpc) is 3.08. The number of carbonyl (C=O) groups is 2. The maximum Gasteiger partial charge on any atom is 0.435 e. The molecule has 0 fully saturated rings. The number of carbonyl (C=O) groups excluding carboxylic acids is 1. The first-order valence-corrected chi connectivity index (χ1v) is 9.71. The normalized spacial score (nSPS) is 14.4. The summed E-state index contributed by atoms with van der Waals surface area (Å²) >= 11 is 0. The van der Waals surface area contributed by atoms with E-state index in [0.717, 1.165) is 28.7 Å². The van der Waals surface area contributed by atoms with Gasteiger partial charge in [-0.25, -0.2) is 9.59 Å². The molecule has 2 N–H and O–H groups in total. The Labute approximate surface area is 175 Å². The molecule has 1 amide bonds. The molecule has 3 rings (SSSR count). The van der Waals surface area contributed by atoms with E-state index in [4.69, 9.17) is 9.57 Å². The number of aliphatic hydroxyl groups is 1. The van der Waals surface area contributed by atoms with Crippen LogP contribution in [0.25, 0.3) is 11.1 Å². The Balaban J connectivity index is 1.84. The Bertz CT molecular complexity index is 964. The van der Waals surface area contributed by atoms with Crippen LogP contribution in [0, 0.1) is 5.41 Å². The number of benzene rings is 2. The highest BCUT2D eigenvalue weighted by molar-refractivity contribution is 5.85. The topological polar surface area (TPSA) is 96.3 Å². The van der Waals surface area contributed by atoms with Crippen LogP contribution in [0.5, 0.6) is 0 Å². The lowest BCUT2D eigenvalue weighted by Crippen LogP contribution is -2.66. The van der Waals surface area contributed by atoms with Crippen molar-refractivity contribution in [3.8, 4) is 11.1 Å². The first-order chi connectivity index (χ1) is 14.2. The fourth-order valence-electron chi connectivity index (χ4n) is 4.02. The lowest BCUT2D eigenvalue weighted by Gasteiger charge is -2.44. The van der Waals surface area contributed by atoms with Crippen molar-refractivity contribution < 1.29 is 29.4 Å². The molecule has 1 aliphatic rings. The van der Waals surface area contributed by atoms with Crippen molar-refractivity contribution in [2.45, 2.75) is 39.3 Å². The number of hydrogen-bond acceptors (Lipinski definition) is 5. The molecule has 2 aromatic carbocycles. The van der Waals surface area contributed by atoms with Crippen molar-refractivity contribution in [1.29, 1.82) is 0 Å². The van der Waals surface area contributed by atoms with E-state index < -0.39 is 29.6 Å². The maximum absolute atomic E-state index is 12.8. The summed E-state index contributed by atoms with van der Waals surface area (Å²) in [6, 6.07) is 13.9. The third-order valence-corrected chi connectivity index (χ3v) is 5.82. The molecule has 30 heavy (non-hydrogen) atoms. The van der Waals surface area contributed by atoms with Gasteiger partial charge < -0.3 is 14.9 Å². The smallest absolute Gasteiger partial charge is 0.435 e. The van der Waals surface area contributed by atoms with Crippen molar-refractivity contribution in [3.63, 3.8) is 0 Å². The summed E-state index contributed by atoms with van der Waals surface area (Å²) in [5, 5.41) is 20.4. The van der Waals surface area contributed by atoms with E-state index >= 15 is 0 Å². The molecule has 0 aromatic heterocycles. The Morgan fingerprint density at radius 3 is 2.33 bits per heavy atom. The van der Waals surface area contributed by atoms with Gasteiger partial charge in [-0.05, 0) is 34.2 Å². The zero-order chi connectivity index (χ0) is 22.1. The number of aliphatic carboxylic acids is 1. The van der Waals surface area contributed by atoms with E-state index in [1.54, 1.807) is 20.8 Å². The zero-order valence-corrected chi connectivity index (χ0v) is 17.6. The van der Waals surface area contributed by atoms with Crippen molar-refractivity contribution in [3.05, 3.63) is 59.2 Å². The molecule has 1 aliphatic carbocycles. The molecule has 0 saturated carbocycles. The average molecular weight is 413 g/mol. The molecule has 0 radical (unpaired) electrons. The van der Waals surface area contributed by atoms with Gasteiger partial charge >= 0.3 is 12.1 Å². The van der Waals surface area contributed by atoms with Gasteiger partial charge in [-0.1, -0.05) is 63.2 Å².